The SMILES string of the molecule is CN(C)C1C(=O)C(C(N)=O)=C(O)[C@@]2(O)C(=O)C3=C(O)c4c(O)c(NC=O)cc(-c5ccccn5)c4CC3CC12. The average molecular weight is 535 g/mol. The van der Waals surface area contributed by atoms with Gasteiger partial charge in [0.15, 0.2) is 11.4 Å². The van der Waals surface area contributed by atoms with Crippen LogP contribution in [-0.4, -0.2) is 79.9 Å². The number of nitrogens with two attached hydrogens (primary N) is 1. The number of pyridine rings is 1. The normalized spacial score (nSPS) is 26.2. The maximum absolute atomic E-state index is 14.0. The maximum Gasteiger partial charge on any atom is 0.255 e. The topological polar surface area (TPSA) is 203 Å². The number of aliphatic hydroxyl groups is 3. The van der Waals surface area contributed by atoms with Gasteiger partial charge in [-0.05, 0) is 56.6 Å². The van der Waals surface area contributed by atoms with Gasteiger partial charge in [-0.3, -0.25) is 29.1 Å². The summed E-state index contributed by atoms with van der Waals surface area (Å²) in [5, 5.41) is 47.5. The highest BCUT2D eigenvalue weighted by Gasteiger charge is 2.64. The Balaban J connectivity index is 1.78. The third-order valence-electron chi connectivity index (χ3n) is 7.88. The van der Waals surface area contributed by atoms with E-state index < -0.39 is 63.8 Å². The second-order valence-electron chi connectivity index (χ2n) is 10.1. The zero-order valence-electron chi connectivity index (χ0n) is 21.0. The van der Waals surface area contributed by atoms with Gasteiger partial charge in [-0.1, -0.05) is 6.07 Å². The van der Waals surface area contributed by atoms with Gasteiger partial charge in [-0.2, -0.15) is 0 Å². The summed E-state index contributed by atoms with van der Waals surface area (Å²) in [6.07, 6.45) is 1.95. The smallest absolute Gasteiger partial charge is 0.255 e. The van der Waals surface area contributed by atoms with Gasteiger partial charge >= 0.3 is 0 Å². The first-order valence-electron chi connectivity index (χ1n) is 12.1. The van der Waals surface area contributed by atoms with E-state index in [4.69, 9.17) is 5.73 Å². The van der Waals surface area contributed by atoms with Gasteiger partial charge in [0, 0.05) is 23.3 Å². The number of fused-ring (bicyclic) bond motifs is 3. The van der Waals surface area contributed by atoms with Crippen molar-refractivity contribution in [2.75, 3.05) is 19.4 Å². The number of phenolic OH excluding ortho intramolecular Hbond substituents is 1. The molecule has 0 bridgehead atoms. The number of aromatic nitrogens is 1. The molecule has 2 amide bonds. The van der Waals surface area contributed by atoms with E-state index in [-0.39, 0.29) is 29.7 Å². The molecule has 1 saturated carbocycles. The minimum Gasteiger partial charge on any atom is -0.508 e. The second-order valence-corrected chi connectivity index (χ2v) is 10.1. The van der Waals surface area contributed by atoms with Crippen molar-refractivity contribution in [1.82, 2.24) is 9.88 Å². The number of primary amides is 1. The number of nitrogens with one attached hydrogen (secondary N) is 1. The zero-order valence-corrected chi connectivity index (χ0v) is 21.0. The van der Waals surface area contributed by atoms with E-state index in [9.17, 15) is 39.6 Å². The molecule has 1 aromatic carbocycles. The Labute approximate surface area is 222 Å². The van der Waals surface area contributed by atoms with Crippen LogP contribution in [0, 0.1) is 11.8 Å². The van der Waals surface area contributed by atoms with Crippen LogP contribution < -0.4 is 11.1 Å². The minimum absolute atomic E-state index is 0.0392. The van der Waals surface area contributed by atoms with Crippen LogP contribution in [-0.2, 0) is 25.6 Å². The van der Waals surface area contributed by atoms with Crippen molar-refractivity contribution in [2.45, 2.75) is 24.5 Å². The molecule has 0 radical (unpaired) electrons. The van der Waals surface area contributed by atoms with Crippen molar-refractivity contribution in [3.63, 3.8) is 0 Å². The summed E-state index contributed by atoms with van der Waals surface area (Å²) in [7, 11) is 3.07. The van der Waals surface area contributed by atoms with E-state index in [0.717, 1.165) is 0 Å². The molecule has 1 aromatic heterocycles. The number of likely N-dealkylation sites (N-methyl/N-ethyl adjacent to an activating group) is 1. The van der Waals surface area contributed by atoms with E-state index in [0.29, 0.717) is 23.2 Å². The highest BCUT2D eigenvalue weighted by Crippen LogP contribution is 2.54. The number of rotatable bonds is 5. The third-order valence-corrected chi connectivity index (χ3v) is 7.88. The summed E-state index contributed by atoms with van der Waals surface area (Å²) >= 11 is 0. The Hall–Kier alpha value is -4.55. The number of benzene rings is 1. The van der Waals surface area contributed by atoms with Crippen molar-refractivity contribution in [3.8, 4) is 17.0 Å². The molecule has 3 aliphatic rings. The molecule has 12 nitrogen and oxygen atoms in total. The number of carbonyl (C=O) groups is 4. The van der Waals surface area contributed by atoms with Crippen LogP contribution in [0.4, 0.5) is 5.69 Å². The highest BCUT2D eigenvalue weighted by atomic mass is 16.3. The number of amides is 2. The van der Waals surface area contributed by atoms with Gasteiger partial charge in [-0.15, -0.1) is 0 Å². The predicted molar refractivity (Wildman–Crippen MR) is 137 cm³/mol. The molecule has 3 unspecified atom stereocenters. The molecule has 3 aliphatic carbocycles. The average Bonchev–Trinajstić information content (AvgIpc) is 2.88. The van der Waals surface area contributed by atoms with Crippen molar-refractivity contribution in [1.29, 1.82) is 0 Å². The number of carbonyl (C=O) groups excluding carboxylic acids is 4. The number of hydrogen-bond donors (Lipinski definition) is 6. The number of aliphatic hydroxyl groups excluding tert-OH is 2. The van der Waals surface area contributed by atoms with Gasteiger partial charge in [0.05, 0.1) is 23.0 Å². The first-order valence-corrected chi connectivity index (χ1v) is 12.1. The Morgan fingerprint density at radius 1 is 1.23 bits per heavy atom. The van der Waals surface area contributed by atoms with Gasteiger partial charge in [0.1, 0.15) is 22.8 Å². The lowest BCUT2D eigenvalue weighted by atomic mass is 9.57. The van der Waals surface area contributed by atoms with E-state index in [1.807, 2.05) is 0 Å². The molecule has 4 atom stereocenters. The summed E-state index contributed by atoms with van der Waals surface area (Å²) in [6.45, 7) is 0. The first-order chi connectivity index (χ1) is 18.4. The predicted octanol–water partition coefficient (Wildman–Crippen LogP) is 0.594. The molecule has 0 spiro atoms. The molecule has 1 heterocycles. The summed E-state index contributed by atoms with van der Waals surface area (Å²) in [5.74, 6) is -7.49. The summed E-state index contributed by atoms with van der Waals surface area (Å²) in [4.78, 5) is 56.3. The van der Waals surface area contributed by atoms with Gasteiger partial charge in [0.25, 0.3) is 5.91 Å². The fourth-order valence-corrected chi connectivity index (χ4v) is 6.24. The molecule has 0 saturated heterocycles. The largest absolute Gasteiger partial charge is 0.508 e. The van der Waals surface area contributed by atoms with Crippen molar-refractivity contribution >= 4 is 35.3 Å². The van der Waals surface area contributed by atoms with Gasteiger partial charge in [0.2, 0.25) is 12.2 Å². The van der Waals surface area contributed by atoms with Crippen LogP contribution in [0.5, 0.6) is 5.75 Å². The van der Waals surface area contributed by atoms with Crippen LogP contribution in [0.15, 0.2) is 47.4 Å². The molecular formula is C27H26N4O8. The van der Waals surface area contributed by atoms with Gasteiger partial charge in [-0.25, -0.2) is 0 Å². The second kappa shape index (κ2) is 9.03. The quantitative estimate of drug-likeness (QED) is 0.179. The fraction of sp³-hybridized carbons (Fsp3) is 0.296. The van der Waals surface area contributed by atoms with Gasteiger partial charge < -0.3 is 31.5 Å². The molecule has 0 aliphatic heterocycles. The number of phenols is 1. The van der Waals surface area contributed by atoms with Crippen molar-refractivity contribution in [2.24, 2.45) is 17.6 Å². The fourth-order valence-electron chi connectivity index (χ4n) is 6.24. The van der Waals surface area contributed by atoms with E-state index in [1.165, 1.54) is 25.1 Å². The van der Waals surface area contributed by atoms with Crippen molar-refractivity contribution in [3.05, 3.63) is 58.5 Å². The standard InChI is InChI=1S/C27H26N4O8/c1-31(2)20-14-8-11-7-13-12(15-5-3-4-6-29-15)9-16(30-10-32)21(33)18(13)22(34)17(11)24(36)27(14,39)25(37)19(23(20)35)26(28)38/h3-6,9-11,14,20,33-34,37,39H,7-8H2,1-2H3,(H2,28,38)(H,30,32)/t11?,14?,20?,27-/m0/s1. The number of hydrogen-bond acceptors (Lipinski definition) is 10. The lowest BCUT2D eigenvalue weighted by Gasteiger charge is -2.50. The summed E-state index contributed by atoms with van der Waals surface area (Å²) < 4.78 is 0. The van der Waals surface area contributed by atoms with E-state index >= 15 is 0 Å². The highest BCUT2D eigenvalue weighted by molar-refractivity contribution is 6.24. The molecule has 12 heteroatoms. The van der Waals surface area contributed by atoms with Crippen LogP contribution >= 0.6 is 0 Å². The van der Waals surface area contributed by atoms with Crippen LogP contribution in [0.2, 0.25) is 0 Å². The van der Waals surface area contributed by atoms with Crippen LogP contribution in [0.3, 0.4) is 0 Å². The minimum atomic E-state index is -2.73. The lowest BCUT2D eigenvalue weighted by molar-refractivity contribution is -0.153. The summed E-state index contributed by atoms with van der Waals surface area (Å²) in [5.41, 5.74) is 2.65. The molecule has 39 heavy (non-hydrogen) atoms. The molecular weight excluding hydrogens is 508 g/mol. The van der Waals surface area contributed by atoms with E-state index in [2.05, 4.69) is 10.3 Å². The number of aromatic hydroxyl groups is 1. The Bertz CT molecular complexity index is 1510. The van der Waals surface area contributed by atoms with E-state index in [1.54, 1.807) is 24.4 Å². The molecule has 7 N–H and O–H groups in total. The molecule has 2 aromatic rings. The van der Waals surface area contributed by atoms with Crippen LogP contribution in [0.1, 0.15) is 17.5 Å². The maximum atomic E-state index is 14.0. The number of nitrogens with zero attached hydrogens (tertiary/aromatic N) is 2. The zero-order chi connectivity index (χ0) is 28.4. The summed E-state index contributed by atoms with van der Waals surface area (Å²) in [6, 6.07) is 5.48. The van der Waals surface area contributed by atoms with Crippen molar-refractivity contribution < 1.29 is 39.6 Å². The third kappa shape index (κ3) is 3.56. The lowest BCUT2D eigenvalue weighted by Crippen LogP contribution is -2.65. The monoisotopic (exact) mass is 534 g/mol. The van der Waals surface area contributed by atoms with Crippen LogP contribution in [0.25, 0.3) is 17.0 Å². The number of ketones is 2. The number of anilines is 1. The Morgan fingerprint density at radius 2 is 1.95 bits per heavy atom. The molecule has 1 fully saturated rings. The first kappa shape index (κ1) is 26.1. The Morgan fingerprint density at radius 3 is 2.54 bits per heavy atom. The Kier molecular flexibility index (Phi) is 6.04. The molecule has 5 rings (SSSR count). The number of Topliss-reactive ketones (excluding diaryl/α,β-unsaturated/α-hetero) is 2. The molecule has 202 valence electrons.